The molecule has 0 radical (unpaired) electrons. The van der Waals surface area contributed by atoms with E-state index in [-0.39, 0.29) is 6.73 Å². The standard InChI is InChI=1S/C8H17N2O7/c1-10(15)9-3-16-8-7(14)6(13)5(12)4(2-11)17-8/h4-9,11-14H,2-3H2,1H3/q-1. The van der Waals surface area contributed by atoms with E-state index >= 15 is 0 Å². The molecule has 0 aliphatic carbocycles. The first kappa shape index (κ1) is 14.7. The quantitative estimate of drug-likeness (QED) is 0.252. The Morgan fingerprint density at radius 2 is 1.94 bits per heavy atom. The van der Waals surface area contributed by atoms with Gasteiger partial charge in [-0.25, -0.2) is 5.43 Å². The van der Waals surface area contributed by atoms with Gasteiger partial charge < -0.3 is 40.3 Å². The van der Waals surface area contributed by atoms with Gasteiger partial charge in [-0.3, -0.25) is 0 Å². The second kappa shape index (κ2) is 6.54. The van der Waals surface area contributed by atoms with Crippen molar-refractivity contribution >= 4 is 0 Å². The zero-order chi connectivity index (χ0) is 13.0. The summed E-state index contributed by atoms with van der Waals surface area (Å²) in [7, 11) is 1.21. The zero-order valence-corrected chi connectivity index (χ0v) is 9.26. The molecule has 9 heteroatoms. The molecule has 1 aliphatic heterocycles. The molecular weight excluding hydrogens is 236 g/mol. The highest BCUT2D eigenvalue weighted by Gasteiger charge is 2.43. The van der Waals surface area contributed by atoms with Crippen molar-refractivity contribution in [1.29, 1.82) is 0 Å². The fourth-order valence-corrected chi connectivity index (χ4v) is 1.42. The lowest BCUT2D eigenvalue weighted by Gasteiger charge is -2.39. The summed E-state index contributed by atoms with van der Waals surface area (Å²) in [4.78, 5) is 0. The molecular formula is C8H17N2O7-. The van der Waals surface area contributed by atoms with Crippen molar-refractivity contribution in [2.75, 3.05) is 20.4 Å². The topological polar surface area (TPSA) is 138 Å². The van der Waals surface area contributed by atoms with Gasteiger partial charge in [0.1, 0.15) is 31.1 Å². The van der Waals surface area contributed by atoms with Crippen molar-refractivity contribution in [2.24, 2.45) is 0 Å². The van der Waals surface area contributed by atoms with Crippen LogP contribution in [-0.2, 0) is 9.47 Å². The van der Waals surface area contributed by atoms with Gasteiger partial charge in [0, 0.05) is 0 Å². The van der Waals surface area contributed by atoms with Gasteiger partial charge in [-0.15, -0.1) is 0 Å². The molecule has 5 unspecified atom stereocenters. The maximum Gasteiger partial charge on any atom is 0.188 e. The van der Waals surface area contributed by atoms with Gasteiger partial charge in [0.15, 0.2) is 6.29 Å². The minimum absolute atomic E-state index is 0.247. The Kier molecular flexibility index (Phi) is 5.66. The van der Waals surface area contributed by atoms with E-state index in [1.165, 1.54) is 7.05 Å². The lowest BCUT2D eigenvalue weighted by molar-refractivity contribution is -0.303. The molecule has 17 heavy (non-hydrogen) atoms. The van der Waals surface area contributed by atoms with Crippen LogP contribution < -0.4 is 5.43 Å². The Morgan fingerprint density at radius 1 is 1.29 bits per heavy atom. The van der Waals surface area contributed by atoms with E-state index in [0.29, 0.717) is 5.17 Å². The van der Waals surface area contributed by atoms with E-state index < -0.39 is 37.3 Å². The number of hydroxylamine groups is 1. The SMILES string of the molecule is CN([O-])NCOC1OC(CO)C(O)C(O)C1O. The third kappa shape index (κ3) is 3.81. The van der Waals surface area contributed by atoms with Gasteiger partial charge in [0.2, 0.25) is 0 Å². The maximum absolute atomic E-state index is 10.5. The van der Waals surface area contributed by atoms with E-state index in [9.17, 15) is 20.5 Å². The first-order valence-corrected chi connectivity index (χ1v) is 5.04. The van der Waals surface area contributed by atoms with Gasteiger partial charge in [-0.05, 0) is 7.05 Å². The van der Waals surface area contributed by atoms with Crippen molar-refractivity contribution in [1.82, 2.24) is 10.6 Å². The Morgan fingerprint density at radius 3 is 2.47 bits per heavy atom. The van der Waals surface area contributed by atoms with E-state index in [0.717, 1.165) is 0 Å². The molecule has 102 valence electrons. The highest BCUT2D eigenvalue weighted by atomic mass is 16.7. The molecule has 5 atom stereocenters. The normalized spacial score (nSPS) is 38.6. The van der Waals surface area contributed by atoms with E-state index in [1.807, 2.05) is 0 Å². The molecule has 9 nitrogen and oxygen atoms in total. The number of aliphatic hydroxyl groups excluding tert-OH is 4. The van der Waals surface area contributed by atoms with Crippen molar-refractivity contribution < 1.29 is 29.9 Å². The molecule has 0 aromatic carbocycles. The molecule has 0 amide bonds. The molecule has 1 saturated heterocycles. The third-order valence-electron chi connectivity index (χ3n) is 2.38. The van der Waals surface area contributed by atoms with E-state index in [2.05, 4.69) is 5.43 Å². The summed E-state index contributed by atoms with van der Waals surface area (Å²) in [6, 6.07) is 0. The highest BCUT2D eigenvalue weighted by molar-refractivity contribution is 4.88. The summed E-state index contributed by atoms with van der Waals surface area (Å²) in [6.07, 6.45) is -6.64. The van der Waals surface area contributed by atoms with Gasteiger partial charge in [0.25, 0.3) is 0 Å². The highest BCUT2D eigenvalue weighted by Crippen LogP contribution is 2.21. The second-order valence-corrected chi connectivity index (χ2v) is 3.66. The van der Waals surface area contributed by atoms with E-state index in [1.54, 1.807) is 0 Å². The molecule has 1 aliphatic rings. The van der Waals surface area contributed by atoms with Crippen LogP contribution in [0.3, 0.4) is 0 Å². The number of rotatable bonds is 5. The third-order valence-corrected chi connectivity index (χ3v) is 2.38. The molecule has 0 spiro atoms. The van der Waals surface area contributed by atoms with E-state index in [4.69, 9.17) is 14.6 Å². The van der Waals surface area contributed by atoms with Crippen LogP contribution >= 0.6 is 0 Å². The first-order chi connectivity index (χ1) is 7.97. The number of hydrogen-bond acceptors (Lipinski definition) is 9. The average molecular weight is 253 g/mol. The number of nitrogens with one attached hydrogen (secondary N) is 1. The lowest BCUT2D eigenvalue weighted by atomic mass is 9.99. The van der Waals surface area contributed by atoms with Crippen LogP contribution in [0.4, 0.5) is 0 Å². The molecule has 1 fully saturated rings. The number of aliphatic hydroxyl groups is 4. The van der Waals surface area contributed by atoms with Crippen LogP contribution in [0.25, 0.3) is 0 Å². The molecule has 5 N–H and O–H groups in total. The van der Waals surface area contributed by atoms with Crippen LogP contribution in [0, 0.1) is 5.21 Å². The van der Waals surface area contributed by atoms with Crippen LogP contribution in [0.2, 0.25) is 0 Å². The summed E-state index contributed by atoms with van der Waals surface area (Å²) in [6.45, 7) is -0.775. The fourth-order valence-electron chi connectivity index (χ4n) is 1.42. The van der Waals surface area contributed by atoms with Crippen molar-refractivity contribution in [2.45, 2.75) is 30.7 Å². The largest absolute Gasteiger partial charge is 0.772 e. The summed E-state index contributed by atoms with van der Waals surface area (Å²) in [5, 5.41) is 48.2. The molecule has 0 saturated carbocycles. The lowest BCUT2D eigenvalue weighted by Crippen LogP contribution is -2.59. The number of hydrazine groups is 1. The molecule has 0 aromatic heterocycles. The van der Waals surface area contributed by atoms with Gasteiger partial charge >= 0.3 is 0 Å². The monoisotopic (exact) mass is 253 g/mol. The molecule has 1 heterocycles. The number of nitrogens with zero attached hydrogens (tertiary/aromatic N) is 1. The van der Waals surface area contributed by atoms with Crippen molar-refractivity contribution in [3.8, 4) is 0 Å². The van der Waals surface area contributed by atoms with Gasteiger partial charge in [-0.2, -0.15) is 0 Å². The minimum atomic E-state index is -1.49. The van der Waals surface area contributed by atoms with Crippen LogP contribution in [0.5, 0.6) is 0 Å². The summed E-state index contributed by atoms with van der Waals surface area (Å²) in [5.74, 6) is 0. The molecule has 0 bridgehead atoms. The van der Waals surface area contributed by atoms with Crippen LogP contribution in [0.15, 0.2) is 0 Å². The Bertz CT molecular complexity index is 228. The van der Waals surface area contributed by atoms with Crippen LogP contribution in [0.1, 0.15) is 0 Å². The summed E-state index contributed by atoms with van der Waals surface area (Å²) in [5.41, 5.74) is 2.23. The zero-order valence-electron chi connectivity index (χ0n) is 9.26. The first-order valence-electron chi connectivity index (χ1n) is 5.04. The smallest absolute Gasteiger partial charge is 0.188 e. The molecule has 1 rings (SSSR count). The predicted molar refractivity (Wildman–Crippen MR) is 54.0 cm³/mol. The summed E-state index contributed by atoms with van der Waals surface area (Å²) < 4.78 is 9.97. The maximum atomic E-state index is 10.5. The van der Waals surface area contributed by atoms with Crippen molar-refractivity contribution in [3.63, 3.8) is 0 Å². The fraction of sp³-hybridized carbons (Fsp3) is 1.00. The Hall–Kier alpha value is -0.360. The summed E-state index contributed by atoms with van der Waals surface area (Å²) >= 11 is 0. The van der Waals surface area contributed by atoms with Gasteiger partial charge in [-0.1, -0.05) is 0 Å². The van der Waals surface area contributed by atoms with Crippen LogP contribution in [-0.4, -0.2) is 76.7 Å². The second-order valence-electron chi connectivity index (χ2n) is 3.66. The molecule has 0 aromatic rings. The Labute approximate surface area is 97.7 Å². The number of hydrogen-bond donors (Lipinski definition) is 5. The minimum Gasteiger partial charge on any atom is -0.772 e. The average Bonchev–Trinajstić information content (AvgIpc) is 2.29. The van der Waals surface area contributed by atoms with Crippen molar-refractivity contribution in [3.05, 3.63) is 5.21 Å². The van der Waals surface area contributed by atoms with Gasteiger partial charge in [0.05, 0.1) is 6.61 Å². The predicted octanol–water partition coefficient (Wildman–Crippen LogP) is -3.31. The number of ether oxygens (including phenoxy) is 2. The Balaban J connectivity index is 2.47.